The van der Waals surface area contributed by atoms with E-state index in [1.165, 1.54) is 48.3 Å². The zero-order chi connectivity index (χ0) is 27.2. The van der Waals surface area contributed by atoms with Crippen LogP contribution in [0, 0.1) is 11.6 Å². The van der Waals surface area contributed by atoms with E-state index in [2.05, 4.69) is 15.8 Å². The Bertz CT molecular complexity index is 1250. The Morgan fingerprint density at radius 1 is 1.22 bits per heavy atom. The molecule has 0 aliphatic rings. The second kappa shape index (κ2) is 12.0. The molecular formula is C25H27ClF2N4O5. The minimum absolute atomic E-state index is 0.0265. The molecule has 198 valence electrons. The van der Waals surface area contributed by atoms with Crippen LogP contribution in [-0.4, -0.2) is 52.6 Å². The van der Waals surface area contributed by atoms with Crippen LogP contribution in [0.25, 0.3) is 11.3 Å². The molecule has 0 saturated heterocycles. The molecule has 2 aromatic carbocycles. The molecule has 3 aromatic rings. The minimum atomic E-state index is -1.18. The van der Waals surface area contributed by atoms with Crippen molar-refractivity contribution < 1.29 is 32.7 Å². The molecule has 3 N–H and O–H groups in total. The van der Waals surface area contributed by atoms with Gasteiger partial charge in [-0.05, 0) is 44.0 Å². The zero-order valence-electron chi connectivity index (χ0n) is 20.4. The number of carbonyl (C=O) groups excluding carboxylic acids is 2. The van der Waals surface area contributed by atoms with Gasteiger partial charge in [-0.2, -0.15) is 0 Å². The van der Waals surface area contributed by atoms with Gasteiger partial charge in [-0.25, -0.2) is 18.4 Å². The van der Waals surface area contributed by atoms with Crippen LogP contribution >= 0.6 is 11.6 Å². The lowest BCUT2D eigenvalue weighted by Crippen LogP contribution is -2.48. The van der Waals surface area contributed by atoms with Crippen LogP contribution < -0.4 is 10.6 Å². The average Bonchev–Trinajstić information content (AvgIpc) is 3.29. The van der Waals surface area contributed by atoms with Crippen LogP contribution in [0.15, 0.2) is 53.1 Å². The van der Waals surface area contributed by atoms with E-state index >= 15 is 0 Å². The summed E-state index contributed by atoms with van der Waals surface area (Å²) in [6, 6.07) is 10.1. The van der Waals surface area contributed by atoms with Gasteiger partial charge in [0, 0.05) is 25.2 Å². The second-order valence-corrected chi connectivity index (χ2v) is 9.34. The molecule has 0 unspecified atom stereocenters. The fourth-order valence-corrected chi connectivity index (χ4v) is 3.65. The highest BCUT2D eigenvalue weighted by Gasteiger charge is 2.28. The first kappa shape index (κ1) is 27.9. The molecule has 3 rings (SSSR count). The largest absolute Gasteiger partial charge is 0.447 e. The van der Waals surface area contributed by atoms with Crippen molar-refractivity contribution in [2.75, 3.05) is 19.0 Å². The van der Waals surface area contributed by atoms with Gasteiger partial charge in [0.25, 0.3) is 0 Å². The first-order chi connectivity index (χ1) is 17.4. The number of ether oxygens (including phenoxy) is 1. The van der Waals surface area contributed by atoms with E-state index < -0.39 is 35.4 Å². The first-order valence-electron chi connectivity index (χ1n) is 11.3. The predicted octanol–water partition coefficient (Wildman–Crippen LogP) is 5.19. The lowest BCUT2D eigenvalue weighted by atomic mass is 9.99. The SMILES string of the molecule is CN(C(=O)NCc1cccc(F)c1Cl)[C@H](COC(=O)Nc1cc(-c2cccc(F)c2)no1)CC(C)(C)O. The standard InChI is InChI=1S/C25H27ClF2N4O5/c1-25(2,35)12-18(32(3)23(33)29-13-16-7-5-9-19(28)22(16)26)14-36-24(34)30-21-11-20(31-37-21)15-6-4-8-17(27)10-15/h4-11,18,35H,12-14H2,1-3H3,(H,29,33)(H,30,34)/t18-/m0/s1. The third kappa shape index (κ3) is 8.16. The number of urea groups is 1. The van der Waals surface area contributed by atoms with E-state index in [0.29, 0.717) is 16.8 Å². The molecule has 0 aliphatic carbocycles. The molecule has 0 spiro atoms. The molecule has 0 radical (unpaired) electrons. The Morgan fingerprint density at radius 2 is 1.95 bits per heavy atom. The number of aliphatic hydroxyl groups is 1. The van der Waals surface area contributed by atoms with Crippen LogP contribution in [0.4, 0.5) is 24.3 Å². The van der Waals surface area contributed by atoms with Crippen molar-refractivity contribution in [3.8, 4) is 11.3 Å². The lowest BCUT2D eigenvalue weighted by Gasteiger charge is -2.32. The third-order valence-electron chi connectivity index (χ3n) is 5.33. The van der Waals surface area contributed by atoms with Gasteiger partial charge in [0.1, 0.15) is 23.9 Å². The van der Waals surface area contributed by atoms with Gasteiger partial charge in [-0.15, -0.1) is 0 Å². The van der Waals surface area contributed by atoms with Crippen molar-refractivity contribution in [1.82, 2.24) is 15.4 Å². The second-order valence-electron chi connectivity index (χ2n) is 8.96. The van der Waals surface area contributed by atoms with E-state index in [0.717, 1.165) is 0 Å². The number of hydrogen-bond acceptors (Lipinski definition) is 6. The van der Waals surface area contributed by atoms with Gasteiger partial charge in [0.2, 0.25) is 5.88 Å². The molecule has 0 saturated carbocycles. The molecule has 12 heteroatoms. The topological polar surface area (TPSA) is 117 Å². The summed E-state index contributed by atoms with van der Waals surface area (Å²) in [5.41, 5.74) is -0.0229. The van der Waals surface area contributed by atoms with E-state index in [1.807, 2.05) is 0 Å². The molecule has 1 atom stereocenters. The summed E-state index contributed by atoms with van der Waals surface area (Å²) in [6.45, 7) is 2.82. The summed E-state index contributed by atoms with van der Waals surface area (Å²) in [5.74, 6) is -1.07. The Morgan fingerprint density at radius 3 is 2.65 bits per heavy atom. The lowest BCUT2D eigenvalue weighted by molar-refractivity contribution is 0.0277. The van der Waals surface area contributed by atoms with Crippen LogP contribution in [0.1, 0.15) is 25.8 Å². The molecule has 0 aliphatic heterocycles. The van der Waals surface area contributed by atoms with Crippen molar-refractivity contribution in [3.63, 3.8) is 0 Å². The maximum Gasteiger partial charge on any atom is 0.414 e. The van der Waals surface area contributed by atoms with Crippen molar-refractivity contribution in [1.29, 1.82) is 0 Å². The number of halogens is 3. The number of carbonyl (C=O) groups is 2. The highest BCUT2D eigenvalue weighted by atomic mass is 35.5. The smallest absolute Gasteiger partial charge is 0.414 e. The molecule has 37 heavy (non-hydrogen) atoms. The first-order valence-corrected chi connectivity index (χ1v) is 11.6. The molecule has 0 fully saturated rings. The molecular weight excluding hydrogens is 510 g/mol. The summed E-state index contributed by atoms with van der Waals surface area (Å²) >= 11 is 5.93. The number of hydrogen-bond donors (Lipinski definition) is 3. The number of nitrogens with one attached hydrogen (secondary N) is 2. The number of anilines is 1. The molecule has 1 heterocycles. The molecule has 1 aromatic heterocycles. The monoisotopic (exact) mass is 536 g/mol. The zero-order valence-corrected chi connectivity index (χ0v) is 21.2. The van der Waals surface area contributed by atoms with Crippen LogP contribution in [0.3, 0.4) is 0 Å². The predicted molar refractivity (Wildman–Crippen MR) is 133 cm³/mol. The third-order valence-corrected chi connectivity index (χ3v) is 5.75. The van der Waals surface area contributed by atoms with Crippen LogP contribution in [0.2, 0.25) is 5.02 Å². The normalized spacial score (nSPS) is 12.1. The quantitative estimate of drug-likeness (QED) is 0.346. The van der Waals surface area contributed by atoms with Crippen molar-refractivity contribution in [3.05, 3.63) is 70.8 Å². The maximum absolute atomic E-state index is 13.6. The Labute approximate surface area is 217 Å². The highest BCUT2D eigenvalue weighted by molar-refractivity contribution is 6.31. The van der Waals surface area contributed by atoms with Crippen molar-refractivity contribution in [2.24, 2.45) is 0 Å². The Kier molecular flexibility index (Phi) is 9.06. The van der Waals surface area contributed by atoms with E-state index in [4.69, 9.17) is 20.9 Å². The Hall–Kier alpha value is -3.70. The molecule has 3 amide bonds. The Balaban J connectivity index is 1.59. The fraction of sp³-hybridized carbons (Fsp3) is 0.320. The summed E-state index contributed by atoms with van der Waals surface area (Å²) in [4.78, 5) is 26.3. The van der Waals surface area contributed by atoms with Gasteiger partial charge in [0.05, 0.1) is 16.7 Å². The summed E-state index contributed by atoms with van der Waals surface area (Å²) in [6.07, 6.45) is -0.806. The summed E-state index contributed by atoms with van der Waals surface area (Å²) in [7, 11) is 1.47. The van der Waals surface area contributed by atoms with Gasteiger partial charge in [0.15, 0.2) is 0 Å². The number of amides is 3. The number of nitrogens with zero attached hydrogens (tertiary/aromatic N) is 2. The van der Waals surface area contributed by atoms with Gasteiger partial charge in [-0.1, -0.05) is 41.0 Å². The van der Waals surface area contributed by atoms with E-state index in [1.54, 1.807) is 26.0 Å². The molecule has 9 nitrogen and oxygen atoms in total. The van der Waals surface area contributed by atoms with Gasteiger partial charge in [-0.3, -0.25) is 5.32 Å². The van der Waals surface area contributed by atoms with Crippen LogP contribution in [0.5, 0.6) is 0 Å². The number of benzene rings is 2. The van der Waals surface area contributed by atoms with Gasteiger partial charge >= 0.3 is 12.1 Å². The maximum atomic E-state index is 13.6. The fourth-order valence-electron chi connectivity index (χ4n) is 3.46. The number of likely N-dealkylation sites (N-methyl/N-ethyl adjacent to an activating group) is 1. The van der Waals surface area contributed by atoms with Crippen LogP contribution in [-0.2, 0) is 11.3 Å². The number of rotatable bonds is 9. The summed E-state index contributed by atoms with van der Waals surface area (Å²) < 4.78 is 37.4. The highest BCUT2D eigenvalue weighted by Crippen LogP contribution is 2.23. The average molecular weight is 537 g/mol. The number of aromatic nitrogens is 1. The van der Waals surface area contributed by atoms with E-state index in [-0.39, 0.29) is 30.5 Å². The molecule has 0 bridgehead atoms. The van der Waals surface area contributed by atoms with Gasteiger partial charge < -0.3 is 24.6 Å². The van der Waals surface area contributed by atoms with E-state index in [9.17, 15) is 23.5 Å². The minimum Gasteiger partial charge on any atom is -0.447 e. The summed E-state index contributed by atoms with van der Waals surface area (Å²) in [5, 5.41) is 19.0. The van der Waals surface area contributed by atoms with Crippen molar-refractivity contribution >= 4 is 29.6 Å². The van der Waals surface area contributed by atoms with Crippen molar-refractivity contribution in [2.45, 2.75) is 38.5 Å².